The Hall–Kier alpha value is -0.160. The predicted molar refractivity (Wildman–Crippen MR) is 56.4 cm³/mol. The molecule has 0 aliphatic carbocycles. The van der Waals surface area contributed by atoms with Crippen molar-refractivity contribution in [2.24, 2.45) is 0 Å². The van der Waals surface area contributed by atoms with Crippen molar-refractivity contribution in [2.45, 2.75) is 38.6 Å². The van der Waals surface area contributed by atoms with E-state index in [4.69, 9.17) is 14.2 Å². The van der Waals surface area contributed by atoms with Crippen LogP contribution in [0.3, 0.4) is 0 Å². The van der Waals surface area contributed by atoms with E-state index >= 15 is 0 Å². The van der Waals surface area contributed by atoms with Gasteiger partial charge in [0, 0.05) is 34.0 Å². The van der Waals surface area contributed by atoms with Crippen LogP contribution in [0.25, 0.3) is 0 Å². The van der Waals surface area contributed by atoms with Gasteiger partial charge in [0.25, 0.3) is 0 Å². The predicted octanol–water partition coefficient (Wildman–Crippen LogP) is 1.01. The van der Waals surface area contributed by atoms with Gasteiger partial charge in [-0.05, 0) is 20.3 Å². The average Bonchev–Trinajstić information content (AvgIpc) is 2.16. The highest BCUT2D eigenvalue weighted by molar-refractivity contribution is 4.70. The molecule has 0 spiro atoms. The maximum atomic E-state index is 5.15. The van der Waals surface area contributed by atoms with Gasteiger partial charge in [-0.15, -0.1) is 0 Å². The second-order valence-corrected chi connectivity index (χ2v) is 3.48. The minimum Gasteiger partial charge on any atom is -0.385 e. The number of methoxy groups -OCH3 is 3. The Balaban J connectivity index is 3.73. The quantitative estimate of drug-likeness (QED) is 0.600. The van der Waals surface area contributed by atoms with Crippen molar-refractivity contribution in [2.75, 3.05) is 27.9 Å². The third-order valence-electron chi connectivity index (χ3n) is 2.18. The molecule has 86 valence electrons. The summed E-state index contributed by atoms with van der Waals surface area (Å²) in [7, 11) is 5.00. The van der Waals surface area contributed by atoms with E-state index in [2.05, 4.69) is 12.2 Å². The highest BCUT2D eigenvalue weighted by Crippen LogP contribution is 2.01. The van der Waals surface area contributed by atoms with Crippen molar-refractivity contribution in [1.82, 2.24) is 5.32 Å². The van der Waals surface area contributed by atoms with Gasteiger partial charge in [-0.1, -0.05) is 0 Å². The third kappa shape index (κ3) is 5.54. The zero-order chi connectivity index (χ0) is 11.0. The lowest BCUT2D eigenvalue weighted by Gasteiger charge is -2.25. The van der Waals surface area contributed by atoms with Crippen LogP contribution >= 0.6 is 0 Å². The molecule has 0 amide bonds. The molecular formula is C10H23NO3. The molecule has 14 heavy (non-hydrogen) atoms. The Morgan fingerprint density at radius 1 is 1.07 bits per heavy atom. The molecule has 0 aliphatic heterocycles. The summed E-state index contributed by atoms with van der Waals surface area (Å²) in [4.78, 5) is 0. The molecule has 2 atom stereocenters. The summed E-state index contributed by atoms with van der Waals surface area (Å²) in [6.07, 6.45) is 0.793. The summed E-state index contributed by atoms with van der Waals surface area (Å²) < 4.78 is 15.3. The maximum absolute atomic E-state index is 5.15. The molecule has 0 aromatic rings. The Morgan fingerprint density at radius 3 is 2.07 bits per heavy atom. The number of rotatable bonds is 8. The summed E-state index contributed by atoms with van der Waals surface area (Å²) >= 11 is 0. The van der Waals surface area contributed by atoms with E-state index in [1.54, 1.807) is 21.3 Å². The normalized spacial score (nSPS) is 15.9. The van der Waals surface area contributed by atoms with Crippen LogP contribution in [0, 0.1) is 0 Å². The number of hydrogen-bond donors (Lipinski definition) is 1. The van der Waals surface area contributed by atoms with Gasteiger partial charge in [-0.3, -0.25) is 0 Å². The van der Waals surface area contributed by atoms with Crippen LogP contribution in [0.2, 0.25) is 0 Å². The van der Waals surface area contributed by atoms with Crippen LogP contribution < -0.4 is 5.32 Å². The molecule has 0 heterocycles. The van der Waals surface area contributed by atoms with Crippen molar-refractivity contribution in [3.8, 4) is 0 Å². The van der Waals surface area contributed by atoms with Crippen LogP contribution in [0.4, 0.5) is 0 Å². The Morgan fingerprint density at radius 2 is 1.64 bits per heavy atom. The Bertz CT molecular complexity index is 129. The lowest BCUT2D eigenvalue weighted by Crippen LogP contribution is -2.44. The summed E-state index contributed by atoms with van der Waals surface area (Å²) in [5.41, 5.74) is 0. The zero-order valence-electron chi connectivity index (χ0n) is 9.87. The van der Waals surface area contributed by atoms with Gasteiger partial charge in [0.15, 0.2) is 6.29 Å². The van der Waals surface area contributed by atoms with Gasteiger partial charge in [0.1, 0.15) is 0 Å². The second kappa shape index (κ2) is 8.17. The largest absolute Gasteiger partial charge is 0.385 e. The van der Waals surface area contributed by atoms with Crippen LogP contribution in [0.1, 0.15) is 20.3 Å². The Labute approximate surface area is 86.9 Å². The van der Waals surface area contributed by atoms with E-state index in [-0.39, 0.29) is 12.3 Å². The first-order valence-corrected chi connectivity index (χ1v) is 4.96. The molecule has 0 saturated carbocycles. The molecule has 4 heteroatoms. The molecule has 0 aliphatic rings. The van der Waals surface area contributed by atoms with Gasteiger partial charge in [0.05, 0.1) is 6.04 Å². The highest BCUT2D eigenvalue weighted by Gasteiger charge is 2.17. The number of ether oxygens (including phenoxy) is 3. The minimum absolute atomic E-state index is 0.178. The fraction of sp³-hybridized carbons (Fsp3) is 1.00. The van der Waals surface area contributed by atoms with Crippen LogP contribution in [-0.4, -0.2) is 46.3 Å². The molecule has 0 saturated heterocycles. The molecule has 0 radical (unpaired) electrons. The van der Waals surface area contributed by atoms with Gasteiger partial charge in [-0.25, -0.2) is 0 Å². The van der Waals surface area contributed by atoms with Crippen LogP contribution in [0.5, 0.6) is 0 Å². The molecule has 0 aromatic carbocycles. The van der Waals surface area contributed by atoms with Crippen molar-refractivity contribution in [3.63, 3.8) is 0 Å². The standard InChI is InChI=1S/C10H23NO3/c1-8(6-7-12-3)11-9(2)10(13-4)14-5/h8-11H,6-7H2,1-5H3. The molecule has 0 rings (SSSR count). The topological polar surface area (TPSA) is 39.7 Å². The van der Waals surface area contributed by atoms with Crippen molar-refractivity contribution < 1.29 is 14.2 Å². The fourth-order valence-electron chi connectivity index (χ4n) is 1.41. The first-order chi connectivity index (χ1) is 6.65. The lowest BCUT2D eigenvalue weighted by molar-refractivity contribution is -0.121. The second-order valence-electron chi connectivity index (χ2n) is 3.48. The molecule has 0 bridgehead atoms. The monoisotopic (exact) mass is 205 g/mol. The minimum atomic E-state index is -0.194. The maximum Gasteiger partial charge on any atom is 0.171 e. The van der Waals surface area contributed by atoms with Gasteiger partial charge < -0.3 is 19.5 Å². The SMILES string of the molecule is COCCC(C)NC(C)C(OC)OC. The summed E-state index contributed by atoms with van der Waals surface area (Å²) in [6.45, 7) is 4.93. The van der Waals surface area contributed by atoms with Crippen molar-refractivity contribution >= 4 is 0 Å². The Kier molecular flexibility index (Phi) is 8.08. The summed E-state index contributed by atoms with van der Waals surface area (Å²) in [5, 5.41) is 3.39. The van der Waals surface area contributed by atoms with E-state index in [1.807, 2.05) is 6.92 Å². The van der Waals surface area contributed by atoms with E-state index in [1.165, 1.54) is 0 Å². The van der Waals surface area contributed by atoms with Gasteiger partial charge in [-0.2, -0.15) is 0 Å². The first kappa shape index (κ1) is 13.8. The molecule has 1 N–H and O–H groups in total. The first-order valence-electron chi connectivity index (χ1n) is 4.96. The van der Waals surface area contributed by atoms with Crippen molar-refractivity contribution in [3.05, 3.63) is 0 Å². The van der Waals surface area contributed by atoms with E-state index in [9.17, 15) is 0 Å². The van der Waals surface area contributed by atoms with Crippen LogP contribution in [0.15, 0.2) is 0 Å². The molecular weight excluding hydrogens is 182 g/mol. The smallest absolute Gasteiger partial charge is 0.171 e. The van der Waals surface area contributed by atoms with Crippen molar-refractivity contribution in [1.29, 1.82) is 0 Å². The van der Waals surface area contributed by atoms with E-state index < -0.39 is 0 Å². The van der Waals surface area contributed by atoms with E-state index in [0.29, 0.717) is 6.04 Å². The lowest BCUT2D eigenvalue weighted by atomic mass is 10.2. The van der Waals surface area contributed by atoms with Gasteiger partial charge >= 0.3 is 0 Å². The number of nitrogens with one attached hydrogen (secondary N) is 1. The van der Waals surface area contributed by atoms with Gasteiger partial charge in [0.2, 0.25) is 0 Å². The summed E-state index contributed by atoms with van der Waals surface area (Å²) in [5.74, 6) is 0. The molecule has 2 unspecified atom stereocenters. The summed E-state index contributed by atoms with van der Waals surface area (Å²) in [6, 6.07) is 0.578. The average molecular weight is 205 g/mol. The third-order valence-corrected chi connectivity index (χ3v) is 2.18. The molecule has 4 nitrogen and oxygen atoms in total. The molecule has 0 fully saturated rings. The highest BCUT2D eigenvalue weighted by atomic mass is 16.7. The van der Waals surface area contributed by atoms with E-state index in [0.717, 1.165) is 13.0 Å². The fourth-order valence-corrected chi connectivity index (χ4v) is 1.41. The zero-order valence-corrected chi connectivity index (χ0v) is 9.87. The number of hydrogen-bond acceptors (Lipinski definition) is 4. The van der Waals surface area contributed by atoms with Crippen LogP contribution in [-0.2, 0) is 14.2 Å². The molecule has 0 aromatic heterocycles.